The van der Waals surface area contributed by atoms with Crippen molar-refractivity contribution in [2.75, 3.05) is 0 Å². The van der Waals surface area contributed by atoms with E-state index in [4.69, 9.17) is 4.74 Å². The molecule has 1 aliphatic rings. The van der Waals surface area contributed by atoms with Crippen molar-refractivity contribution < 1.29 is 58.5 Å². The number of ether oxygens (including phenoxy) is 3. The Morgan fingerprint density at radius 3 is 1.95 bits per heavy atom. The standard InChI is InChI=1S/C27H19F9O4/c1-2-3-13-6-14-4-5-15(8-16(14)7-13)25(37)38-17-9-19(28)23(20(29)10-17)26(32,33)39-18-11-21(30)24(22(31)12-18)40-27(34,35)36/h4-5,8-13H,2-3,6-7H2,1H3. The first kappa shape index (κ1) is 29.1. The summed E-state index contributed by atoms with van der Waals surface area (Å²) in [5, 5.41) is 0. The maximum Gasteiger partial charge on any atom is 0.573 e. The van der Waals surface area contributed by atoms with E-state index in [2.05, 4.69) is 16.4 Å². The van der Waals surface area contributed by atoms with E-state index in [1.165, 1.54) is 6.07 Å². The third kappa shape index (κ3) is 6.45. The van der Waals surface area contributed by atoms with E-state index in [1.807, 2.05) is 0 Å². The van der Waals surface area contributed by atoms with E-state index in [1.54, 1.807) is 12.1 Å². The van der Waals surface area contributed by atoms with Gasteiger partial charge in [0.25, 0.3) is 0 Å². The van der Waals surface area contributed by atoms with Gasteiger partial charge in [-0.25, -0.2) is 22.4 Å². The molecule has 0 heterocycles. The van der Waals surface area contributed by atoms with Gasteiger partial charge in [0.2, 0.25) is 5.75 Å². The van der Waals surface area contributed by atoms with Gasteiger partial charge in [-0.05, 0) is 42.0 Å². The molecule has 1 aliphatic carbocycles. The number of alkyl halides is 5. The maximum atomic E-state index is 14.6. The van der Waals surface area contributed by atoms with Gasteiger partial charge in [0.05, 0.1) is 5.56 Å². The summed E-state index contributed by atoms with van der Waals surface area (Å²) in [6.07, 6.45) is -6.78. The number of carbonyl (C=O) groups is 1. The van der Waals surface area contributed by atoms with Crippen LogP contribution in [-0.4, -0.2) is 12.3 Å². The highest BCUT2D eigenvalue weighted by Crippen LogP contribution is 2.39. The average Bonchev–Trinajstić information content (AvgIpc) is 3.22. The number of carbonyl (C=O) groups excluding carboxylic acids is 1. The molecule has 40 heavy (non-hydrogen) atoms. The molecule has 0 amide bonds. The van der Waals surface area contributed by atoms with Crippen LogP contribution in [0.5, 0.6) is 17.2 Å². The minimum atomic E-state index is -5.50. The van der Waals surface area contributed by atoms with E-state index in [0.717, 1.165) is 36.8 Å². The van der Waals surface area contributed by atoms with Gasteiger partial charge in [0, 0.05) is 24.3 Å². The van der Waals surface area contributed by atoms with Crippen molar-refractivity contribution in [3.63, 3.8) is 0 Å². The lowest BCUT2D eigenvalue weighted by Gasteiger charge is -2.20. The van der Waals surface area contributed by atoms with Gasteiger partial charge in [0.1, 0.15) is 28.7 Å². The topological polar surface area (TPSA) is 44.8 Å². The van der Waals surface area contributed by atoms with Crippen LogP contribution in [0.2, 0.25) is 0 Å². The fourth-order valence-electron chi connectivity index (χ4n) is 4.51. The summed E-state index contributed by atoms with van der Waals surface area (Å²) in [7, 11) is 0. The average molecular weight is 578 g/mol. The molecule has 13 heteroatoms. The summed E-state index contributed by atoms with van der Waals surface area (Å²) in [6.45, 7) is 2.06. The smallest absolute Gasteiger partial charge is 0.429 e. The molecule has 0 radical (unpaired) electrons. The Morgan fingerprint density at radius 1 is 0.800 bits per heavy atom. The normalized spacial score (nSPS) is 15.1. The molecule has 1 unspecified atom stereocenters. The van der Waals surface area contributed by atoms with Crippen molar-refractivity contribution in [2.45, 2.75) is 45.1 Å². The molecule has 0 saturated heterocycles. The third-order valence-electron chi connectivity index (χ3n) is 6.11. The minimum Gasteiger partial charge on any atom is -0.429 e. The SMILES string of the molecule is CCCC1Cc2ccc(C(=O)Oc3cc(F)c(C(F)(F)Oc4cc(F)c(OC(F)(F)F)c(F)c4)c(F)c3)cc2C1. The van der Waals surface area contributed by atoms with Crippen LogP contribution in [0.1, 0.15) is 46.8 Å². The van der Waals surface area contributed by atoms with Crippen LogP contribution in [0.15, 0.2) is 42.5 Å². The minimum absolute atomic E-state index is 0.0801. The Kier molecular flexibility index (Phi) is 7.95. The zero-order valence-corrected chi connectivity index (χ0v) is 20.5. The molecule has 4 nitrogen and oxygen atoms in total. The summed E-state index contributed by atoms with van der Waals surface area (Å²) >= 11 is 0. The van der Waals surface area contributed by atoms with E-state index in [-0.39, 0.29) is 29.8 Å². The second-order valence-corrected chi connectivity index (χ2v) is 9.08. The predicted octanol–water partition coefficient (Wildman–Crippen LogP) is 8.00. The molecular weight excluding hydrogens is 559 g/mol. The zero-order chi connectivity index (χ0) is 29.4. The molecule has 0 fully saturated rings. The highest BCUT2D eigenvalue weighted by atomic mass is 19.4. The summed E-state index contributed by atoms with van der Waals surface area (Å²) in [6, 6.07) is 5.19. The molecule has 0 spiro atoms. The number of halogens is 9. The van der Waals surface area contributed by atoms with Gasteiger partial charge in [-0.15, -0.1) is 13.2 Å². The molecule has 3 aromatic carbocycles. The number of hydrogen-bond acceptors (Lipinski definition) is 4. The van der Waals surface area contributed by atoms with Gasteiger partial charge in [-0.3, -0.25) is 0 Å². The van der Waals surface area contributed by atoms with Gasteiger partial charge in [-0.1, -0.05) is 25.8 Å². The van der Waals surface area contributed by atoms with E-state index < -0.39 is 64.5 Å². The summed E-state index contributed by atoms with van der Waals surface area (Å²) in [5.41, 5.74) is 0.0731. The molecule has 0 aliphatic heterocycles. The van der Waals surface area contributed by atoms with Crippen LogP contribution in [0.3, 0.4) is 0 Å². The van der Waals surface area contributed by atoms with Crippen LogP contribution >= 0.6 is 0 Å². The fourth-order valence-corrected chi connectivity index (χ4v) is 4.51. The number of hydrogen-bond donors (Lipinski definition) is 0. The van der Waals surface area contributed by atoms with Gasteiger partial charge < -0.3 is 14.2 Å². The second-order valence-electron chi connectivity index (χ2n) is 9.08. The maximum absolute atomic E-state index is 14.6. The van der Waals surface area contributed by atoms with Gasteiger partial charge >= 0.3 is 18.4 Å². The Hall–Kier alpha value is -3.90. The Bertz CT molecular complexity index is 1390. The van der Waals surface area contributed by atoms with Crippen LogP contribution in [-0.2, 0) is 19.0 Å². The molecule has 0 aromatic heterocycles. The predicted molar refractivity (Wildman–Crippen MR) is 121 cm³/mol. The molecular formula is C27H19F9O4. The summed E-state index contributed by atoms with van der Waals surface area (Å²) in [5.74, 6) is -12.7. The third-order valence-corrected chi connectivity index (χ3v) is 6.11. The zero-order valence-electron chi connectivity index (χ0n) is 20.5. The first-order valence-electron chi connectivity index (χ1n) is 11.8. The second kappa shape index (κ2) is 10.9. The van der Waals surface area contributed by atoms with Crippen LogP contribution in [0, 0.1) is 29.2 Å². The lowest BCUT2D eigenvalue weighted by atomic mass is 10.0. The van der Waals surface area contributed by atoms with Crippen LogP contribution in [0.4, 0.5) is 39.5 Å². The lowest BCUT2D eigenvalue weighted by Crippen LogP contribution is -2.26. The number of rotatable bonds is 8. The quantitative estimate of drug-likeness (QED) is 0.154. The fraction of sp³-hybridized carbons (Fsp3) is 0.296. The lowest BCUT2D eigenvalue weighted by molar-refractivity contribution is -0.276. The largest absolute Gasteiger partial charge is 0.573 e. The van der Waals surface area contributed by atoms with Crippen molar-refractivity contribution in [3.05, 3.63) is 88.0 Å². The first-order valence-corrected chi connectivity index (χ1v) is 11.8. The molecule has 0 saturated carbocycles. The highest BCUT2D eigenvalue weighted by Gasteiger charge is 2.42. The van der Waals surface area contributed by atoms with Crippen LogP contribution in [0.25, 0.3) is 0 Å². The number of fused-ring (bicyclic) bond motifs is 1. The molecule has 3 aromatic rings. The van der Waals surface area contributed by atoms with Crippen LogP contribution < -0.4 is 14.2 Å². The number of benzene rings is 3. The molecule has 4 rings (SSSR count). The molecule has 0 bridgehead atoms. The van der Waals surface area contributed by atoms with Crippen molar-refractivity contribution >= 4 is 5.97 Å². The molecule has 1 atom stereocenters. The van der Waals surface area contributed by atoms with Crippen molar-refractivity contribution in [2.24, 2.45) is 5.92 Å². The summed E-state index contributed by atoms with van der Waals surface area (Å²) < 4.78 is 135. The van der Waals surface area contributed by atoms with E-state index in [9.17, 15) is 44.3 Å². The van der Waals surface area contributed by atoms with Gasteiger partial charge in [0.15, 0.2) is 11.6 Å². The Morgan fingerprint density at radius 2 is 1.38 bits per heavy atom. The van der Waals surface area contributed by atoms with Crippen molar-refractivity contribution in [1.29, 1.82) is 0 Å². The molecule has 214 valence electrons. The monoisotopic (exact) mass is 578 g/mol. The van der Waals surface area contributed by atoms with Crippen molar-refractivity contribution in [3.8, 4) is 17.2 Å². The van der Waals surface area contributed by atoms with Crippen molar-refractivity contribution in [1.82, 2.24) is 0 Å². The Labute approximate surface area is 221 Å². The van der Waals surface area contributed by atoms with E-state index in [0.29, 0.717) is 5.92 Å². The number of esters is 1. The molecule has 0 N–H and O–H groups in total. The summed E-state index contributed by atoms with van der Waals surface area (Å²) in [4.78, 5) is 12.6. The Balaban J connectivity index is 1.51. The van der Waals surface area contributed by atoms with Gasteiger partial charge in [-0.2, -0.15) is 8.78 Å². The highest BCUT2D eigenvalue weighted by molar-refractivity contribution is 5.91. The van der Waals surface area contributed by atoms with E-state index >= 15 is 0 Å². The first-order chi connectivity index (χ1) is 18.7.